The van der Waals surface area contributed by atoms with Crippen molar-refractivity contribution >= 4 is 24.7 Å². The van der Waals surface area contributed by atoms with Gasteiger partial charge in [-0.2, -0.15) is 0 Å². The predicted molar refractivity (Wildman–Crippen MR) is 67.9 cm³/mol. The van der Waals surface area contributed by atoms with E-state index in [1.807, 2.05) is 0 Å². The third-order valence-electron chi connectivity index (χ3n) is 1.88. The molecule has 0 unspecified atom stereocenters. The van der Waals surface area contributed by atoms with E-state index in [0.717, 1.165) is 5.46 Å². The Labute approximate surface area is 106 Å². The molecule has 0 aliphatic rings. The van der Waals surface area contributed by atoms with Gasteiger partial charge in [-0.05, 0) is 38.4 Å². The van der Waals surface area contributed by atoms with Crippen molar-refractivity contribution in [1.82, 2.24) is 0 Å². The minimum atomic E-state index is -0.531. The highest BCUT2D eigenvalue weighted by Gasteiger charge is 2.16. The average Bonchev–Trinajstić information content (AvgIpc) is 2.25. The first-order valence-electron chi connectivity index (χ1n) is 5.43. The van der Waals surface area contributed by atoms with E-state index < -0.39 is 11.7 Å². The minimum absolute atomic E-state index is 0.114. The van der Waals surface area contributed by atoms with E-state index in [4.69, 9.17) is 9.99 Å². The Morgan fingerprint density at radius 1 is 1.28 bits per heavy atom. The lowest BCUT2D eigenvalue weighted by atomic mass is 9.89. The second kappa shape index (κ2) is 6.39. The first-order chi connectivity index (χ1) is 8.40. The summed E-state index contributed by atoms with van der Waals surface area (Å²) in [5.41, 5.74) is 0.868. The molecule has 18 heavy (non-hydrogen) atoms. The van der Waals surface area contributed by atoms with Gasteiger partial charge in [0.25, 0.3) is 0 Å². The van der Waals surface area contributed by atoms with Gasteiger partial charge in [0.1, 0.15) is 5.60 Å². The fraction of sp³-hybridized carbons (Fsp3) is 0.364. The summed E-state index contributed by atoms with van der Waals surface area (Å²) < 4.78 is 5.11. The molecule has 0 heterocycles. The zero-order chi connectivity index (χ0) is 13.6. The van der Waals surface area contributed by atoms with Crippen molar-refractivity contribution in [3.63, 3.8) is 0 Å². The molecular weight excluding hydrogens is 237 g/mol. The van der Waals surface area contributed by atoms with Crippen LogP contribution in [-0.2, 0) is 14.6 Å². The van der Waals surface area contributed by atoms with Gasteiger partial charge >= 0.3 is 13.6 Å². The van der Waals surface area contributed by atoms with Crippen molar-refractivity contribution in [2.24, 2.45) is 0 Å². The molecule has 1 aromatic carbocycles. The molecule has 0 spiro atoms. The summed E-state index contributed by atoms with van der Waals surface area (Å²) in [6.45, 7) is 5.38. The first kappa shape index (κ1) is 14.5. The smallest absolute Gasteiger partial charge is 0.412 e. The number of hydrogen-bond donors (Lipinski definition) is 2. The Balaban J connectivity index is 2.50. The molecule has 98 valence electrons. The van der Waals surface area contributed by atoms with Crippen molar-refractivity contribution in [3.05, 3.63) is 24.3 Å². The van der Waals surface area contributed by atoms with E-state index in [-0.39, 0.29) is 7.48 Å². The molecule has 2 N–H and O–H groups in total. The molecule has 0 bridgehead atoms. The largest absolute Gasteiger partial charge is 0.444 e. The molecule has 0 aliphatic carbocycles. The lowest BCUT2D eigenvalue weighted by Gasteiger charge is -2.19. The third-order valence-corrected chi connectivity index (χ3v) is 1.88. The quantitative estimate of drug-likeness (QED) is 0.482. The van der Waals surface area contributed by atoms with Crippen LogP contribution in [0.15, 0.2) is 24.3 Å². The summed E-state index contributed by atoms with van der Waals surface area (Å²) in [4.78, 5) is 15.8. The van der Waals surface area contributed by atoms with Gasteiger partial charge in [0, 0.05) is 5.69 Å². The predicted octanol–water partition coefficient (Wildman–Crippen LogP) is 1.43. The standard InChI is InChI=1S/C11H16BNO5/c1-11(2,3)16-10(14)13-9-6-4-8(5-7-9)12-17-18-15/h4-7,12,15H,1-3H3,(H,13,14). The van der Waals surface area contributed by atoms with Crippen LogP contribution in [0.1, 0.15) is 20.8 Å². The fourth-order valence-electron chi connectivity index (χ4n) is 1.20. The van der Waals surface area contributed by atoms with Gasteiger partial charge in [-0.25, -0.2) is 10.1 Å². The van der Waals surface area contributed by atoms with Gasteiger partial charge in [-0.15, -0.1) is 0 Å². The lowest BCUT2D eigenvalue weighted by Crippen LogP contribution is -2.27. The lowest BCUT2D eigenvalue weighted by molar-refractivity contribution is -0.441. The number of amides is 1. The van der Waals surface area contributed by atoms with Crippen LogP contribution in [0.5, 0.6) is 0 Å². The molecule has 0 saturated heterocycles. The second-order valence-electron chi connectivity index (χ2n) is 4.66. The van der Waals surface area contributed by atoms with E-state index in [2.05, 4.69) is 15.2 Å². The summed E-state index contributed by atoms with van der Waals surface area (Å²) in [6.07, 6.45) is -0.509. The average molecular weight is 253 g/mol. The molecule has 7 heteroatoms. The molecule has 0 saturated carbocycles. The van der Waals surface area contributed by atoms with Gasteiger partial charge in [-0.1, -0.05) is 17.2 Å². The monoisotopic (exact) mass is 253 g/mol. The van der Waals surface area contributed by atoms with E-state index in [1.165, 1.54) is 0 Å². The summed E-state index contributed by atoms with van der Waals surface area (Å²) in [6, 6.07) is 6.84. The van der Waals surface area contributed by atoms with Gasteiger partial charge in [0.15, 0.2) is 0 Å². The molecule has 1 aromatic rings. The summed E-state index contributed by atoms with van der Waals surface area (Å²) >= 11 is 0. The fourth-order valence-corrected chi connectivity index (χ4v) is 1.20. The Morgan fingerprint density at radius 2 is 1.89 bits per heavy atom. The van der Waals surface area contributed by atoms with E-state index in [0.29, 0.717) is 5.69 Å². The number of carbonyl (C=O) groups excluding carboxylic acids is 1. The van der Waals surface area contributed by atoms with Crippen LogP contribution in [-0.4, -0.2) is 24.4 Å². The maximum atomic E-state index is 11.5. The van der Waals surface area contributed by atoms with Gasteiger partial charge in [0.2, 0.25) is 0 Å². The normalized spacial score (nSPS) is 10.9. The van der Waals surface area contributed by atoms with E-state index in [9.17, 15) is 4.79 Å². The molecule has 1 rings (SSSR count). The first-order valence-corrected chi connectivity index (χ1v) is 5.43. The third kappa shape index (κ3) is 5.67. The Morgan fingerprint density at radius 3 is 2.39 bits per heavy atom. The summed E-state index contributed by atoms with van der Waals surface area (Å²) in [7, 11) is 0.114. The van der Waals surface area contributed by atoms with Crippen LogP contribution in [0, 0.1) is 0 Å². The van der Waals surface area contributed by atoms with Crippen molar-refractivity contribution in [2.75, 3.05) is 5.32 Å². The molecule has 0 radical (unpaired) electrons. The van der Waals surface area contributed by atoms with Crippen LogP contribution < -0.4 is 10.8 Å². The number of rotatable bonds is 4. The van der Waals surface area contributed by atoms with Gasteiger partial charge < -0.3 is 4.74 Å². The number of nitrogens with one attached hydrogen (secondary N) is 1. The number of carbonyl (C=O) groups is 1. The summed E-state index contributed by atoms with van der Waals surface area (Å²) in [5.74, 6) is 0. The number of hydrogen-bond acceptors (Lipinski definition) is 5. The minimum Gasteiger partial charge on any atom is -0.444 e. The van der Waals surface area contributed by atoms with E-state index >= 15 is 0 Å². The number of anilines is 1. The number of benzene rings is 1. The van der Waals surface area contributed by atoms with Crippen LogP contribution in [0.25, 0.3) is 0 Å². The molecule has 1 amide bonds. The van der Waals surface area contributed by atoms with E-state index in [1.54, 1.807) is 45.0 Å². The van der Waals surface area contributed by atoms with Gasteiger partial charge in [-0.3, -0.25) is 10.1 Å². The highest BCUT2D eigenvalue weighted by atomic mass is 17.5. The molecule has 6 nitrogen and oxygen atoms in total. The molecule has 0 atom stereocenters. The van der Waals surface area contributed by atoms with Crippen LogP contribution in [0.4, 0.5) is 10.5 Å². The Hall–Kier alpha value is -1.57. The zero-order valence-corrected chi connectivity index (χ0v) is 10.6. The van der Waals surface area contributed by atoms with Crippen LogP contribution >= 0.6 is 0 Å². The highest BCUT2D eigenvalue weighted by Crippen LogP contribution is 2.10. The second-order valence-corrected chi connectivity index (χ2v) is 4.66. The Kier molecular flexibility index (Phi) is 5.15. The van der Waals surface area contributed by atoms with Crippen molar-refractivity contribution in [1.29, 1.82) is 0 Å². The van der Waals surface area contributed by atoms with Crippen LogP contribution in [0.3, 0.4) is 0 Å². The zero-order valence-electron chi connectivity index (χ0n) is 10.6. The summed E-state index contributed by atoms with van der Waals surface area (Å²) in [5, 5.41) is 14.1. The highest BCUT2D eigenvalue weighted by molar-refractivity contribution is 6.46. The molecule has 0 aromatic heterocycles. The Bertz CT molecular complexity index is 387. The van der Waals surface area contributed by atoms with Gasteiger partial charge in [0.05, 0.1) is 0 Å². The molecule has 0 aliphatic heterocycles. The molecular formula is C11H16BNO5. The van der Waals surface area contributed by atoms with Crippen molar-refractivity contribution < 1.29 is 24.6 Å². The van der Waals surface area contributed by atoms with Crippen molar-refractivity contribution in [3.8, 4) is 0 Å². The SMILES string of the molecule is CC(C)(C)OC(=O)Nc1ccc(BOOO)cc1. The molecule has 0 fully saturated rings. The maximum absolute atomic E-state index is 11.5. The topological polar surface area (TPSA) is 77.0 Å². The number of ether oxygens (including phenoxy) is 1. The van der Waals surface area contributed by atoms with Crippen LogP contribution in [0.2, 0.25) is 0 Å². The van der Waals surface area contributed by atoms with Crippen molar-refractivity contribution in [2.45, 2.75) is 26.4 Å². The maximum Gasteiger partial charge on any atom is 0.412 e.